The number of nitrogens with two attached hydrogens (primary N) is 1. The highest BCUT2D eigenvalue weighted by molar-refractivity contribution is 5.96. The first-order valence-electron chi connectivity index (χ1n) is 6.95. The van der Waals surface area contributed by atoms with Gasteiger partial charge in [0.1, 0.15) is 5.75 Å². The van der Waals surface area contributed by atoms with Crippen LogP contribution in [0.2, 0.25) is 0 Å². The number of nitrogens with zero attached hydrogens (tertiary/aromatic N) is 1. The molecular formula is C16H26N2O2. The van der Waals surface area contributed by atoms with E-state index in [0.717, 1.165) is 12.0 Å². The van der Waals surface area contributed by atoms with Crippen molar-refractivity contribution in [2.24, 2.45) is 11.3 Å². The maximum atomic E-state index is 12.6. The Morgan fingerprint density at radius 1 is 1.40 bits per heavy atom. The van der Waals surface area contributed by atoms with Crippen molar-refractivity contribution in [3.8, 4) is 5.75 Å². The Labute approximate surface area is 121 Å². The Balaban J connectivity index is 3.12. The number of hydrazine groups is 1. The van der Waals surface area contributed by atoms with Crippen LogP contribution >= 0.6 is 0 Å². The second kappa shape index (κ2) is 6.27. The lowest BCUT2D eigenvalue weighted by molar-refractivity contribution is 0.0504. The van der Waals surface area contributed by atoms with Crippen molar-refractivity contribution in [1.29, 1.82) is 0 Å². The first-order valence-corrected chi connectivity index (χ1v) is 6.95. The van der Waals surface area contributed by atoms with E-state index < -0.39 is 0 Å². The van der Waals surface area contributed by atoms with Crippen molar-refractivity contribution in [1.82, 2.24) is 5.01 Å². The summed E-state index contributed by atoms with van der Waals surface area (Å²) in [7, 11) is 1.60. The highest BCUT2D eigenvalue weighted by atomic mass is 16.5. The minimum atomic E-state index is -0.164. The third-order valence-electron chi connectivity index (χ3n) is 3.69. The lowest BCUT2D eigenvalue weighted by Crippen LogP contribution is -2.51. The van der Waals surface area contributed by atoms with Crippen LogP contribution < -0.4 is 10.6 Å². The molecule has 0 fully saturated rings. The van der Waals surface area contributed by atoms with Gasteiger partial charge in [-0.15, -0.1) is 0 Å². The van der Waals surface area contributed by atoms with Gasteiger partial charge in [0, 0.05) is 11.1 Å². The SMILES string of the molecule is CC[C@@H](N(N)C(=O)c1cccc(OC)c1C)C(C)(C)C. The molecule has 4 heteroatoms. The summed E-state index contributed by atoms with van der Waals surface area (Å²) in [5.74, 6) is 6.63. The molecule has 0 aliphatic heterocycles. The molecule has 1 aromatic rings. The third kappa shape index (κ3) is 3.31. The fraction of sp³-hybridized carbons (Fsp3) is 0.562. The number of ether oxygens (including phenoxy) is 1. The van der Waals surface area contributed by atoms with E-state index in [0.29, 0.717) is 11.3 Å². The van der Waals surface area contributed by atoms with Crippen LogP contribution in [0.3, 0.4) is 0 Å². The van der Waals surface area contributed by atoms with Gasteiger partial charge in [0.05, 0.1) is 13.2 Å². The van der Waals surface area contributed by atoms with Crippen molar-refractivity contribution < 1.29 is 9.53 Å². The van der Waals surface area contributed by atoms with Gasteiger partial charge in [-0.3, -0.25) is 9.80 Å². The molecule has 0 aliphatic rings. The number of carbonyl (C=O) groups is 1. The molecule has 4 nitrogen and oxygen atoms in total. The van der Waals surface area contributed by atoms with Crippen LogP contribution in [-0.4, -0.2) is 24.1 Å². The van der Waals surface area contributed by atoms with Crippen LogP contribution in [-0.2, 0) is 0 Å². The Morgan fingerprint density at radius 3 is 2.45 bits per heavy atom. The molecule has 0 spiro atoms. The minimum Gasteiger partial charge on any atom is -0.496 e. The van der Waals surface area contributed by atoms with Crippen LogP contribution in [0.4, 0.5) is 0 Å². The fourth-order valence-corrected chi connectivity index (χ4v) is 2.57. The van der Waals surface area contributed by atoms with Crippen molar-refractivity contribution in [2.45, 2.75) is 47.1 Å². The average Bonchev–Trinajstić information content (AvgIpc) is 2.37. The topological polar surface area (TPSA) is 55.6 Å². The first-order chi connectivity index (χ1) is 9.23. The lowest BCUT2D eigenvalue weighted by atomic mass is 9.84. The number of hydrogen-bond acceptors (Lipinski definition) is 3. The van der Waals surface area contributed by atoms with Gasteiger partial charge in [0.2, 0.25) is 0 Å². The van der Waals surface area contributed by atoms with Gasteiger partial charge in [0.15, 0.2) is 0 Å². The molecule has 2 N–H and O–H groups in total. The third-order valence-corrected chi connectivity index (χ3v) is 3.69. The predicted octanol–water partition coefficient (Wildman–Crippen LogP) is 3.14. The van der Waals surface area contributed by atoms with Crippen LogP contribution in [0.25, 0.3) is 0 Å². The molecule has 1 aromatic carbocycles. The monoisotopic (exact) mass is 278 g/mol. The number of carbonyl (C=O) groups excluding carboxylic acids is 1. The van der Waals surface area contributed by atoms with Crippen LogP contribution in [0, 0.1) is 12.3 Å². The Morgan fingerprint density at radius 2 is 2.00 bits per heavy atom. The molecule has 0 saturated heterocycles. The zero-order valence-electron chi connectivity index (χ0n) is 13.4. The van der Waals surface area contributed by atoms with E-state index in [1.165, 1.54) is 5.01 Å². The zero-order valence-corrected chi connectivity index (χ0v) is 13.4. The molecule has 0 radical (unpaired) electrons. The Hall–Kier alpha value is -1.55. The summed E-state index contributed by atoms with van der Waals surface area (Å²) in [4.78, 5) is 12.6. The first kappa shape index (κ1) is 16.5. The van der Waals surface area contributed by atoms with Gasteiger partial charge in [-0.1, -0.05) is 33.8 Å². The number of amides is 1. The standard InChI is InChI=1S/C16H26N2O2/c1-7-14(16(3,4)5)18(17)15(19)12-9-8-10-13(20-6)11(12)2/h8-10,14H,7,17H2,1-6H3/t14-/m1/s1. The number of hydrogen-bond donors (Lipinski definition) is 1. The van der Waals surface area contributed by atoms with E-state index in [4.69, 9.17) is 10.6 Å². The second-order valence-electron chi connectivity index (χ2n) is 6.14. The van der Waals surface area contributed by atoms with Crippen LogP contribution in [0.15, 0.2) is 18.2 Å². The van der Waals surface area contributed by atoms with Crippen molar-refractivity contribution >= 4 is 5.91 Å². The maximum Gasteiger partial charge on any atom is 0.268 e. The number of methoxy groups -OCH3 is 1. The molecule has 0 aromatic heterocycles. The summed E-state index contributed by atoms with van der Waals surface area (Å²) >= 11 is 0. The van der Waals surface area contributed by atoms with E-state index in [-0.39, 0.29) is 17.4 Å². The van der Waals surface area contributed by atoms with Crippen LogP contribution in [0.5, 0.6) is 5.75 Å². The quantitative estimate of drug-likeness (QED) is 0.523. The molecular weight excluding hydrogens is 252 g/mol. The zero-order chi connectivity index (χ0) is 15.5. The summed E-state index contributed by atoms with van der Waals surface area (Å²) in [5.41, 5.74) is 1.35. The highest BCUT2D eigenvalue weighted by Gasteiger charge is 2.31. The van der Waals surface area contributed by atoms with E-state index >= 15 is 0 Å². The summed E-state index contributed by atoms with van der Waals surface area (Å²) < 4.78 is 5.26. The van der Waals surface area contributed by atoms with Crippen LogP contribution in [0.1, 0.15) is 50.0 Å². The Kier molecular flexibility index (Phi) is 5.17. The van der Waals surface area contributed by atoms with Gasteiger partial charge in [-0.25, -0.2) is 5.84 Å². The number of rotatable bonds is 4. The molecule has 0 bridgehead atoms. The fourth-order valence-electron chi connectivity index (χ4n) is 2.57. The van der Waals surface area contributed by atoms with Gasteiger partial charge in [0.25, 0.3) is 5.91 Å². The molecule has 20 heavy (non-hydrogen) atoms. The van der Waals surface area contributed by atoms with Gasteiger partial charge in [-0.2, -0.15) is 0 Å². The summed E-state index contributed by atoms with van der Waals surface area (Å²) in [6.45, 7) is 10.2. The molecule has 1 amide bonds. The van der Waals surface area contributed by atoms with Gasteiger partial charge < -0.3 is 4.74 Å². The minimum absolute atomic E-state index is 0.0133. The molecule has 0 unspecified atom stereocenters. The lowest BCUT2D eigenvalue weighted by Gasteiger charge is -2.37. The smallest absolute Gasteiger partial charge is 0.268 e. The summed E-state index contributed by atoms with van der Waals surface area (Å²) in [5, 5.41) is 1.36. The van der Waals surface area contributed by atoms with Crippen molar-refractivity contribution in [3.05, 3.63) is 29.3 Å². The largest absolute Gasteiger partial charge is 0.496 e. The summed E-state index contributed by atoms with van der Waals surface area (Å²) in [6, 6.07) is 5.43. The molecule has 0 aliphatic carbocycles. The number of benzene rings is 1. The van der Waals surface area contributed by atoms with Crippen molar-refractivity contribution in [2.75, 3.05) is 7.11 Å². The van der Waals surface area contributed by atoms with Crippen molar-refractivity contribution in [3.63, 3.8) is 0 Å². The molecule has 1 atom stereocenters. The second-order valence-corrected chi connectivity index (χ2v) is 6.14. The maximum absolute atomic E-state index is 12.6. The normalized spacial score (nSPS) is 12.9. The molecule has 1 rings (SSSR count). The highest BCUT2D eigenvalue weighted by Crippen LogP contribution is 2.28. The Bertz CT molecular complexity index is 478. The molecule has 0 heterocycles. The molecule has 0 saturated carbocycles. The van der Waals surface area contributed by atoms with E-state index in [1.54, 1.807) is 13.2 Å². The molecule has 112 valence electrons. The average molecular weight is 278 g/mol. The van der Waals surface area contributed by atoms with Gasteiger partial charge >= 0.3 is 0 Å². The van der Waals surface area contributed by atoms with Gasteiger partial charge in [-0.05, 0) is 30.9 Å². The summed E-state index contributed by atoms with van der Waals surface area (Å²) in [6.07, 6.45) is 0.814. The predicted molar refractivity (Wildman–Crippen MR) is 81.6 cm³/mol. The van der Waals surface area contributed by atoms with E-state index in [9.17, 15) is 4.79 Å². The van der Waals surface area contributed by atoms with E-state index in [1.807, 2.05) is 26.0 Å². The van der Waals surface area contributed by atoms with E-state index in [2.05, 4.69) is 20.8 Å².